The lowest BCUT2D eigenvalue weighted by molar-refractivity contribution is -0.184. The van der Waals surface area contributed by atoms with Gasteiger partial charge in [0.1, 0.15) is 5.75 Å². The van der Waals surface area contributed by atoms with E-state index in [1.807, 2.05) is 41.3 Å². The lowest BCUT2D eigenvalue weighted by Crippen LogP contribution is -2.54. The van der Waals surface area contributed by atoms with Crippen molar-refractivity contribution in [3.8, 4) is 5.75 Å². The number of piperidine rings is 1. The number of nitrogens with one attached hydrogen (secondary N) is 2. The maximum absolute atomic E-state index is 13.1. The third-order valence-electron chi connectivity index (χ3n) is 11.4. The molecule has 4 aliphatic rings. The Labute approximate surface area is 335 Å². The van der Waals surface area contributed by atoms with Crippen LogP contribution < -0.4 is 15.4 Å². The molecule has 4 N–H and O–H groups in total. The van der Waals surface area contributed by atoms with Crippen molar-refractivity contribution in [2.75, 3.05) is 31.6 Å². The maximum atomic E-state index is 13.1. The van der Waals surface area contributed by atoms with Crippen LogP contribution in [0, 0.1) is 5.92 Å². The first-order valence-electron chi connectivity index (χ1n) is 21.5. The molecule has 6 rings (SSSR count). The summed E-state index contributed by atoms with van der Waals surface area (Å²) < 4.78 is 11.5. The van der Waals surface area contributed by atoms with Crippen LogP contribution in [0.25, 0.3) is 0 Å². The van der Waals surface area contributed by atoms with Crippen molar-refractivity contribution in [1.82, 2.24) is 15.1 Å². The first-order chi connectivity index (χ1) is 27.1. The summed E-state index contributed by atoms with van der Waals surface area (Å²) in [5.74, 6) is 1.44. The molecule has 4 amide bonds. The second-order valence-corrected chi connectivity index (χ2v) is 16.1. The van der Waals surface area contributed by atoms with Crippen LogP contribution in [0.2, 0.25) is 0 Å². The number of likely N-dealkylation sites (tertiary alicyclic amines) is 1. The number of aliphatic hydroxyl groups is 2. The molecule has 312 valence electrons. The van der Waals surface area contributed by atoms with E-state index in [1.165, 1.54) is 71.1 Å². The van der Waals surface area contributed by atoms with Crippen molar-refractivity contribution in [3.05, 3.63) is 59.7 Å². The minimum atomic E-state index is -0.681. The largest absolute Gasteiger partial charge is 0.465 e. The van der Waals surface area contributed by atoms with Gasteiger partial charge >= 0.3 is 12.1 Å². The van der Waals surface area contributed by atoms with E-state index in [9.17, 15) is 24.6 Å². The fourth-order valence-electron chi connectivity index (χ4n) is 7.87. The molecule has 3 aliphatic heterocycles. The molecule has 2 aromatic carbocycles. The third-order valence-corrected chi connectivity index (χ3v) is 11.4. The number of urea groups is 2. The lowest BCUT2D eigenvalue weighted by atomic mass is 9.91. The van der Waals surface area contributed by atoms with E-state index in [4.69, 9.17) is 9.47 Å². The number of unbranched alkanes of at least 4 members (excludes halogenated alkanes) is 4. The van der Waals surface area contributed by atoms with Gasteiger partial charge in [-0.3, -0.25) is 4.79 Å². The van der Waals surface area contributed by atoms with E-state index in [0.29, 0.717) is 57.5 Å². The van der Waals surface area contributed by atoms with E-state index < -0.39 is 24.5 Å². The minimum Gasteiger partial charge on any atom is -0.465 e. The molecule has 1 saturated carbocycles. The highest BCUT2D eigenvalue weighted by atomic mass is 16.7. The van der Waals surface area contributed by atoms with E-state index >= 15 is 0 Å². The molecule has 2 saturated heterocycles. The number of anilines is 1. The SMILES string of the molecule is CC(=O)[C@@H](Cc1ccc(OC2CC(O)CC(CO)O2)cc1)NC(=O)N1CCC(N2CCc3ccccc3NC2=O)CC1.CC1CCCCC1.CCCCCCC. The summed E-state index contributed by atoms with van der Waals surface area (Å²) in [6.07, 6.45) is 15.9. The molecular formula is C45H70N4O7. The van der Waals surface area contributed by atoms with Crippen LogP contribution in [0.5, 0.6) is 5.75 Å². The molecule has 0 spiro atoms. The number of ketones is 1. The zero-order valence-corrected chi connectivity index (χ0v) is 34.6. The van der Waals surface area contributed by atoms with Crippen molar-refractivity contribution in [2.45, 2.75) is 161 Å². The smallest absolute Gasteiger partial charge is 0.322 e. The van der Waals surface area contributed by atoms with Gasteiger partial charge in [0, 0.05) is 44.2 Å². The second-order valence-electron chi connectivity index (χ2n) is 16.1. The van der Waals surface area contributed by atoms with Crippen LogP contribution >= 0.6 is 0 Å². The Balaban J connectivity index is 0.000000419. The van der Waals surface area contributed by atoms with Gasteiger partial charge in [-0.15, -0.1) is 0 Å². The number of ether oxygens (including phenoxy) is 2. The number of carbonyl (C=O) groups is 3. The average Bonchev–Trinajstić information content (AvgIpc) is 3.37. The van der Waals surface area contributed by atoms with Gasteiger partial charge in [0.15, 0.2) is 5.78 Å². The Morgan fingerprint density at radius 3 is 2.21 bits per heavy atom. The molecule has 1 aliphatic carbocycles. The van der Waals surface area contributed by atoms with Gasteiger partial charge in [0.25, 0.3) is 0 Å². The number of nitrogens with zero attached hydrogens (tertiary/aromatic N) is 2. The van der Waals surface area contributed by atoms with Crippen molar-refractivity contribution in [1.29, 1.82) is 0 Å². The van der Waals surface area contributed by atoms with Crippen molar-refractivity contribution in [3.63, 3.8) is 0 Å². The summed E-state index contributed by atoms with van der Waals surface area (Å²) in [6.45, 7) is 9.77. The summed E-state index contributed by atoms with van der Waals surface area (Å²) in [7, 11) is 0. The summed E-state index contributed by atoms with van der Waals surface area (Å²) in [4.78, 5) is 42.0. The number of hydrogen-bond acceptors (Lipinski definition) is 7. The van der Waals surface area contributed by atoms with E-state index in [2.05, 4.69) is 31.4 Å². The number of aliphatic hydroxyl groups excluding tert-OH is 2. The number of amides is 4. The Bertz CT molecular complexity index is 1450. The maximum Gasteiger partial charge on any atom is 0.322 e. The third kappa shape index (κ3) is 15.0. The first-order valence-corrected chi connectivity index (χ1v) is 21.5. The summed E-state index contributed by atoms with van der Waals surface area (Å²) in [5, 5.41) is 25.2. The number of para-hydroxylation sites is 1. The van der Waals surface area contributed by atoms with Crippen LogP contribution in [-0.2, 0) is 22.4 Å². The Kier molecular flexibility index (Phi) is 19.4. The van der Waals surface area contributed by atoms with Crippen LogP contribution in [0.4, 0.5) is 15.3 Å². The highest BCUT2D eigenvalue weighted by Crippen LogP contribution is 2.26. The highest BCUT2D eigenvalue weighted by molar-refractivity contribution is 5.91. The van der Waals surface area contributed by atoms with Crippen molar-refractivity contribution < 1.29 is 34.1 Å². The van der Waals surface area contributed by atoms with Gasteiger partial charge in [0.2, 0.25) is 6.29 Å². The number of benzene rings is 2. The molecule has 0 radical (unpaired) electrons. The van der Waals surface area contributed by atoms with Gasteiger partial charge in [-0.25, -0.2) is 9.59 Å². The monoisotopic (exact) mass is 779 g/mol. The van der Waals surface area contributed by atoms with Gasteiger partial charge < -0.3 is 40.1 Å². The fraction of sp³-hybridized carbons (Fsp3) is 0.667. The summed E-state index contributed by atoms with van der Waals surface area (Å²) in [5.41, 5.74) is 2.83. The Morgan fingerprint density at radius 2 is 1.61 bits per heavy atom. The van der Waals surface area contributed by atoms with Crippen molar-refractivity contribution in [2.24, 2.45) is 5.92 Å². The summed E-state index contributed by atoms with van der Waals surface area (Å²) in [6, 6.07) is 14.0. The molecule has 0 bridgehead atoms. The molecule has 3 heterocycles. The number of hydrogen-bond donors (Lipinski definition) is 4. The number of rotatable bonds is 12. The molecular weight excluding hydrogens is 709 g/mol. The normalized spacial score (nSPS) is 22.2. The molecule has 0 aromatic heterocycles. The number of fused-ring (bicyclic) bond motifs is 1. The van der Waals surface area contributed by atoms with Crippen LogP contribution in [0.15, 0.2) is 48.5 Å². The molecule has 56 heavy (non-hydrogen) atoms. The first kappa shape index (κ1) is 45.0. The van der Waals surface area contributed by atoms with Crippen LogP contribution in [-0.4, -0.2) is 94.7 Å². The zero-order chi connectivity index (χ0) is 40.3. The number of carbonyl (C=O) groups excluding carboxylic acids is 3. The Hall–Kier alpha value is -3.67. The highest BCUT2D eigenvalue weighted by Gasteiger charge is 2.33. The topological polar surface area (TPSA) is 141 Å². The number of Topliss-reactive ketones (excluding diaryl/α,β-unsaturated/α-hetero) is 1. The molecule has 3 fully saturated rings. The average molecular weight is 779 g/mol. The standard InChI is InChI=1S/C31H40N4O7.C7H14.C7H16/c1-20(37)28(16-21-6-8-25(9-7-21)41-29-18-24(38)17-26(19-36)42-29)33-30(39)34-13-11-23(12-14-34)35-15-10-22-4-2-3-5-27(22)32-31(35)40;1-7-5-3-2-4-6-7;1-3-5-7-6-4-2/h2-9,23-24,26,28-29,36,38H,10-19H2,1H3,(H,32,40)(H,33,39);7H,2-6H2,1H3;3-7H2,1-2H3/t24?,26?,28-,29?;;/m1../s1. The van der Waals surface area contributed by atoms with Gasteiger partial charge in [-0.2, -0.15) is 0 Å². The molecule has 3 unspecified atom stereocenters. The molecule has 2 aromatic rings. The van der Waals surface area contributed by atoms with E-state index in [-0.39, 0.29) is 30.5 Å². The van der Waals surface area contributed by atoms with E-state index in [0.717, 1.165) is 29.2 Å². The molecule has 4 atom stereocenters. The summed E-state index contributed by atoms with van der Waals surface area (Å²) >= 11 is 0. The lowest BCUT2D eigenvalue weighted by Gasteiger charge is -2.38. The van der Waals surface area contributed by atoms with Crippen LogP contribution in [0.1, 0.15) is 129 Å². The fourth-order valence-corrected chi connectivity index (χ4v) is 7.87. The van der Waals surface area contributed by atoms with Gasteiger partial charge in [-0.05, 0) is 67.9 Å². The second kappa shape index (κ2) is 24.2. The van der Waals surface area contributed by atoms with Crippen LogP contribution in [0.3, 0.4) is 0 Å². The quantitative estimate of drug-likeness (QED) is 0.159. The van der Waals surface area contributed by atoms with Gasteiger partial charge in [-0.1, -0.05) is 115 Å². The predicted octanol–water partition coefficient (Wildman–Crippen LogP) is 8.25. The zero-order valence-electron chi connectivity index (χ0n) is 34.6. The Morgan fingerprint density at radius 1 is 0.929 bits per heavy atom. The van der Waals surface area contributed by atoms with Gasteiger partial charge in [0.05, 0.1) is 24.9 Å². The molecule has 11 heteroatoms. The minimum absolute atomic E-state index is 0.0458. The predicted molar refractivity (Wildman–Crippen MR) is 222 cm³/mol. The molecule has 11 nitrogen and oxygen atoms in total. The van der Waals surface area contributed by atoms with E-state index in [1.54, 1.807) is 17.0 Å². The van der Waals surface area contributed by atoms with Crippen molar-refractivity contribution >= 4 is 23.5 Å².